The van der Waals surface area contributed by atoms with Crippen LogP contribution in [0.15, 0.2) is 18.2 Å². The lowest BCUT2D eigenvalue weighted by Crippen LogP contribution is -2.17. The molecule has 0 aromatic heterocycles. The standard InChI is InChI=1S/C9H5F3O4/c10-9(11,12)16-4-1-2-5-6(3-4)8(14)15-7(5)13/h1-3,8,14H. The lowest BCUT2D eigenvalue weighted by atomic mass is 10.1. The molecule has 4 nitrogen and oxygen atoms in total. The summed E-state index contributed by atoms with van der Waals surface area (Å²) in [6, 6.07) is 3.00. The maximum Gasteiger partial charge on any atom is 0.573 e. The molecule has 1 aromatic carbocycles. The van der Waals surface area contributed by atoms with Gasteiger partial charge in [-0.05, 0) is 18.2 Å². The zero-order chi connectivity index (χ0) is 11.9. The summed E-state index contributed by atoms with van der Waals surface area (Å²) in [5.74, 6) is -1.29. The van der Waals surface area contributed by atoms with Crippen LogP contribution in [0.25, 0.3) is 0 Å². The fraction of sp³-hybridized carbons (Fsp3) is 0.222. The van der Waals surface area contributed by atoms with Gasteiger partial charge in [-0.25, -0.2) is 4.79 Å². The Morgan fingerprint density at radius 2 is 2.06 bits per heavy atom. The van der Waals surface area contributed by atoms with E-state index in [1.165, 1.54) is 0 Å². The Morgan fingerprint density at radius 1 is 1.38 bits per heavy atom. The number of aliphatic hydroxyl groups is 1. The van der Waals surface area contributed by atoms with Gasteiger partial charge in [0.1, 0.15) is 5.75 Å². The lowest BCUT2D eigenvalue weighted by Gasteiger charge is -2.09. The number of benzene rings is 1. The van der Waals surface area contributed by atoms with Crippen molar-refractivity contribution in [3.8, 4) is 5.75 Å². The Kier molecular flexibility index (Phi) is 2.27. The molecule has 0 saturated carbocycles. The quantitative estimate of drug-likeness (QED) is 0.752. The molecule has 1 aromatic rings. The SMILES string of the molecule is O=C1OC(O)c2cc(OC(F)(F)F)ccc21. The number of hydrogen-bond donors (Lipinski definition) is 1. The summed E-state index contributed by atoms with van der Waals surface area (Å²) in [7, 11) is 0. The van der Waals surface area contributed by atoms with Gasteiger partial charge in [0.15, 0.2) is 0 Å². The third-order valence-corrected chi connectivity index (χ3v) is 1.96. The van der Waals surface area contributed by atoms with Crippen LogP contribution in [0.2, 0.25) is 0 Å². The van der Waals surface area contributed by atoms with E-state index in [1.807, 2.05) is 0 Å². The molecule has 7 heteroatoms. The first-order valence-electron chi connectivity index (χ1n) is 4.15. The maximum atomic E-state index is 11.9. The van der Waals surface area contributed by atoms with Gasteiger partial charge >= 0.3 is 12.3 Å². The van der Waals surface area contributed by atoms with Crippen molar-refractivity contribution in [1.82, 2.24) is 0 Å². The first-order chi connectivity index (χ1) is 7.37. The molecule has 16 heavy (non-hydrogen) atoms. The third kappa shape index (κ3) is 1.94. The molecule has 1 unspecified atom stereocenters. The third-order valence-electron chi connectivity index (χ3n) is 1.96. The minimum absolute atomic E-state index is 0.0297. The molecule has 1 aliphatic rings. The van der Waals surface area contributed by atoms with E-state index in [9.17, 15) is 23.1 Å². The molecule has 0 spiro atoms. The number of fused-ring (bicyclic) bond motifs is 1. The first-order valence-corrected chi connectivity index (χ1v) is 4.15. The van der Waals surface area contributed by atoms with Gasteiger partial charge < -0.3 is 14.6 Å². The van der Waals surface area contributed by atoms with Gasteiger partial charge in [-0.2, -0.15) is 0 Å². The van der Waals surface area contributed by atoms with Gasteiger partial charge in [0.05, 0.1) is 5.56 Å². The molecule has 0 amide bonds. The molecule has 1 N–H and O–H groups in total. The average Bonchev–Trinajstić information content (AvgIpc) is 2.40. The predicted molar refractivity (Wildman–Crippen MR) is 43.5 cm³/mol. The number of hydrogen-bond acceptors (Lipinski definition) is 4. The summed E-state index contributed by atoms with van der Waals surface area (Å²) >= 11 is 0. The minimum Gasteiger partial charge on any atom is -0.428 e. The molecule has 2 rings (SSSR count). The van der Waals surface area contributed by atoms with Gasteiger partial charge in [-0.15, -0.1) is 13.2 Å². The summed E-state index contributed by atoms with van der Waals surface area (Å²) in [4.78, 5) is 11.0. The van der Waals surface area contributed by atoms with Crippen LogP contribution in [0.5, 0.6) is 5.75 Å². The van der Waals surface area contributed by atoms with Crippen molar-refractivity contribution in [2.75, 3.05) is 0 Å². The number of carbonyl (C=O) groups is 1. The summed E-state index contributed by atoms with van der Waals surface area (Å²) in [6.07, 6.45) is -6.36. The Bertz CT molecular complexity index is 441. The highest BCUT2D eigenvalue weighted by molar-refractivity contribution is 5.94. The average molecular weight is 234 g/mol. The molecule has 1 heterocycles. The molecule has 1 aliphatic heterocycles. The van der Waals surface area contributed by atoms with E-state index >= 15 is 0 Å². The molecular weight excluding hydrogens is 229 g/mol. The Balaban J connectivity index is 2.33. The monoisotopic (exact) mass is 234 g/mol. The van der Waals surface area contributed by atoms with Crippen LogP contribution in [0.1, 0.15) is 22.2 Å². The van der Waals surface area contributed by atoms with Gasteiger partial charge in [0.25, 0.3) is 0 Å². The van der Waals surface area contributed by atoms with E-state index in [2.05, 4.69) is 9.47 Å². The highest BCUT2D eigenvalue weighted by Gasteiger charge is 2.34. The fourth-order valence-electron chi connectivity index (χ4n) is 1.36. The van der Waals surface area contributed by atoms with Crippen molar-refractivity contribution in [2.45, 2.75) is 12.7 Å². The summed E-state index contributed by atoms with van der Waals surface area (Å²) < 4.78 is 43.7. The van der Waals surface area contributed by atoms with Crippen LogP contribution in [0.3, 0.4) is 0 Å². The first kappa shape index (κ1) is 10.7. The molecule has 0 fully saturated rings. The molecule has 0 aliphatic carbocycles. The summed E-state index contributed by atoms with van der Waals surface area (Å²) in [6.45, 7) is 0. The highest BCUT2D eigenvalue weighted by atomic mass is 19.4. The van der Waals surface area contributed by atoms with Gasteiger partial charge in [0.2, 0.25) is 6.29 Å². The van der Waals surface area contributed by atoms with Crippen molar-refractivity contribution >= 4 is 5.97 Å². The van der Waals surface area contributed by atoms with Gasteiger partial charge in [0, 0.05) is 5.56 Å². The largest absolute Gasteiger partial charge is 0.573 e. The van der Waals surface area contributed by atoms with Crippen molar-refractivity contribution < 1.29 is 32.5 Å². The molecule has 86 valence electrons. The van der Waals surface area contributed by atoms with Crippen LogP contribution in [0, 0.1) is 0 Å². The number of cyclic esters (lactones) is 1. The number of aliphatic hydroxyl groups excluding tert-OH is 1. The second kappa shape index (κ2) is 3.38. The van der Waals surface area contributed by atoms with Crippen molar-refractivity contribution in [3.63, 3.8) is 0 Å². The van der Waals surface area contributed by atoms with E-state index in [0.29, 0.717) is 0 Å². The maximum absolute atomic E-state index is 11.9. The predicted octanol–water partition coefficient (Wildman–Crippen LogP) is 1.75. The topological polar surface area (TPSA) is 55.8 Å². The number of esters is 1. The van der Waals surface area contributed by atoms with E-state index < -0.39 is 24.4 Å². The highest BCUT2D eigenvalue weighted by Crippen LogP contribution is 2.33. The number of halogens is 3. The van der Waals surface area contributed by atoms with Crippen LogP contribution >= 0.6 is 0 Å². The molecule has 0 bridgehead atoms. The smallest absolute Gasteiger partial charge is 0.428 e. The number of carbonyl (C=O) groups excluding carboxylic acids is 1. The van der Waals surface area contributed by atoms with Gasteiger partial charge in [-0.1, -0.05) is 0 Å². The molecule has 0 radical (unpaired) electrons. The van der Waals surface area contributed by atoms with Crippen LogP contribution in [-0.4, -0.2) is 17.4 Å². The van der Waals surface area contributed by atoms with Crippen LogP contribution < -0.4 is 4.74 Å². The van der Waals surface area contributed by atoms with E-state index in [0.717, 1.165) is 18.2 Å². The fourth-order valence-corrected chi connectivity index (χ4v) is 1.36. The Labute approximate surface area is 87.2 Å². The number of ether oxygens (including phenoxy) is 2. The number of alkyl halides is 3. The summed E-state index contributed by atoms with van der Waals surface area (Å²) in [5.41, 5.74) is -0.00576. The van der Waals surface area contributed by atoms with Crippen LogP contribution in [-0.2, 0) is 4.74 Å². The van der Waals surface area contributed by atoms with E-state index in [1.54, 1.807) is 0 Å². The summed E-state index contributed by atoms with van der Waals surface area (Å²) in [5, 5.41) is 9.19. The molecular formula is C9H5F3O4. The van der Waals surface area contributed by atoms with Crippen molar-refractivity contribution in [2.24, 2.45) is 0 Å². The van der Waals surface area contributed by atoms with E-state index in [4.69, 9.17) is 0 Å². The normalized spacial score (nSPS) is 19.2. The second-order valence-electron chi connectivity index (χ2n) is 3.05. The molecule has 0 saturated heterocycles. The van der Waals surface area contributed by atoms with E-state index in [-0.39, 0.29) is 11.1 Å². The zero-order valence-electron chi connectivity index (χ0n) is 7.62. The van der Waals surface area contributed by atoms with Crippen molar-refractivity contribution in [1.29, 1.82) is 0 Å². The second-order valence-corrected chi connectivity index (χ2v) is 3.05. The molecule has 1 atom stereocenters. The van der Waals surface area contributed by atoms with Crippen molar-refractivity contribution in [3.05, 3.63) is 29.3 Å². The Hall–Kier alpha value is -1.76. The zero-order valence-corrected chi connectivity index (χ0v) is 7.62. The van der Waals surface area contributed by atoms with Crippen LogP contribution in [0.4, 0.5) is 13.2 Å². The number of rotatable bonds is 1. The minimum atomic E-state index is -4.82. The Morgan fingerprint density at radius 3 is 2.69 bits per heavy atom. The van der Waals surface area contributed by atoms with Gasteiger partial charge in [-0.3, -0.25) is 0 Å². The lowest BCUT2D eigenvalue weighted by molar-refractivity contribution is -0.274.